The van der Waals surface area contributed by atoms with E-state index in [0.717, 1.165) is 12.8 Å². The Hall–Kier alpha value is -2.12. The fourth-order valence-electron chi connectivity index (χ4n) is 2.82. The fraction of sp³-hybridized carbons (Fsp3) is 0.692. The third kappa shape index (κ3) is 3.32. The third-order valence-corrected chi connectivity index (χ3v) is 4.12. The molecule has 2 heterocycles. The fourth-order valence-corrected chi connectivity index (χ4v) is 2.82. The molecule has 8 nitrogen and oxygen atoms in total. The minimum absolute atomic E-state index is 0.0982. The molecule has 116 valence electrons. The first-order valence-electron chi connectivity index (χ1n) is 7.04. The first-order valence-corrected chi connectivity index (χ1v) is 7.04. The molecule has 1 N–H and O–H groups in total. The maximum atomic E-state index is 11.1. The zero-order valence-corrected chi connectivity index (χ0v) is 12.3. The quantitative estimate of drug-likeness (QED) is 0.655. The SMILES string of the molecule is Cc1nc([N+](=O)[O-])c(N2CCC(CCC(=O)O)CC2)n1C. The number of aliphatic carboxylic acids is 1. The average molecular weight is 296 g/mol. The van der Waals surface area contributed by atoms with Gasteiger partial charge in [0, 0.05) is 33.5 Å². The highest BCUT2D eigenvalue weighted by Crippen LogP contribution is 2.32. The van der Waals surface area contributed by atoms with Crippen LogP contribution in [0.25, 0.3) is 0 Å². The number of nitrogens with zero attached hydrogens (tertiary/aromatic N) is 4. The molecule has 0 saturated carbocycles. The summed E-state index contributed by atoms with van der Waals surface area (Å²) in [5, 5.41) is 19.8. The molecular weight excluding hydrogens is 276 g/mol. The van der Waals surface area contributed by atoms with Gasteiger partial charge in [-0.05, 0) is 35.1 Å². The molecule has 21 heavy (non-hydrogen) atoms. The first-order chi connectivity index (χ1) is 9.90. The van der Waals surface area contributed by atoms with Gasteiger partial charge >= 0.3 is 11.8 Å². The summed E-state index contributed by atoms with van der Waals surface area (Å²) >= 11 is 0. The van der Waals surface area contributed by atoms with Gasteiger partial charge in [-0.25, -0.2) is 0 Å². The van der Waals surface area contributed by atoms with Crippen LogP contribution in [-0.4, -0.2) is 38.6 Å². The van der Waals surface area contributed by atoms with Gasteiger partial charge in [0.2, 0.25) is 11.6 Å². The molecule has 0 bridgehead atoms. The first kappa shape index (κ1) is 15.3. The van der Waals surface area contributed by atoms with E-state index in [-0.39, 0.29) is 12.2 Å². The molecule has 0 radical (unpaired) electrons. The van der Waals surface area contributed by atoms with Crippen molar-refractivity contribution in [3.8, 4) is 0 Å². The Bertz CT molecular complexity index is 547. The molecule has 0 spiro atoms. The van der Waals surface area contributed by atoms with Crippen LogP contribution in [0.5, 0.6) is 0 Å². The zero-order chi connectivity index (χ0) is 15.6. The molecule has 0 amide bonds. The zero-order valence-electron chi connectivity index (χ0n) is 12.3. The monoisotopic (exact) mass is 296 g/mol. The predicted molar refractivity (Wildman–Crippen MR) is 76.4 cm³/mol. The van der Waals surface area contributed by atoms with Crippen LogP contribution < -0.4 is 4.90 Å². The van der Waals surface area contributed by atoms with E-state index in [4.69, 9.17) is 5.11 Å². The second-order valence-corrected chi connectivity index (χ2v) is 5.49. The van der Waals surface area contributed by atoms with E-state index in [9.17, 15) is 14.9 Å². The van der Waals surface area contributed by atoms with Crippen molar-refractivity contribution in [1.82, 2.24) is 9.55 Å². The Morgan fingerprint density at radius 3 is 2.62 bits per heavy atom. The molecule has 0 aliphatic carbocycles. The second kappa shape index (κ2) is 6.11. The number of aryl methyl sites for hydroxylation is 1. The summed E-state index contributed by atoms with van der Waals surface area (Å²) in [7, 11) is 1.78. The van der Waals surface area contributed by atoms with Crippen molar-refractivity contribution in [2.45, 2.75) is 32.6 Å². The van der Waals surface area contributed by atoms with E-state index < -0.39 is 10.9 Å². The molecule has 2 rings (SSSR count). The van der Waals surface area contributed by atoms with Gasteiger partial charge in [-0.1, -0.05) is 0 Å². The second-order valence-electron chi connectivity index (χ2n) is 5.49. The minimum Gasteiger partial charge on any atom is -0.481 e. The normalized spacial score (nSPS) is 16.2. The van der Waals surface area contributed by atoms with Crippen molar-refractivity contribution in [1.29, 1.82) is 0 Å². The Balaban J connectivity index is 2.05. The van der Waals surface area contributed by atoms with Crippen molar-refractivity contribution in [2.75, 3.05) is 18.0 Å². The van der Waals surface area contributed by atoms with Crippen LogP contribution in [-0.2, 0) is 11.8 Å². The largest absolute Gasteiger partial charge is 0.481 e. The molecule has 0 aromatic carbocycles. The molecule has 8 heteroatoms. The van der Waals surface area contributed by atoms with Crippen LogP contribution in [0.1, 0.15) is 31.5 Å². The van der Waals surface area contributed by atoms with Crippen LogP contribution in [0.3, 0.4) is 0 Å². The number of piperidine rings is 1. The van der Waals surface area contributed by atoms with Gasteiger partial charge in [0.05, 0.1) is 0 Å². The number of carbonyl (C=O) groups is 1. The van der Waals surface area contributed by atoms with Crippen LogP contribution in [0, 0.1) is 23.0 Å². The van der Waals surface area contributed by atoms with Gasteiger partial charge in [0.1, 0.15) is 0 Å². The van der Waals surface area contributed by atoms with Crippen LogP contribution >= 0.6 is 0 Å². The van der Waals surface area contributed by atoms with Crippen molar-refractivity contribution in [3.05, 3.63) is 15.9 Å². The average Bonchev–Trinajstić information content (AvgIpc) is 2.74. The Morgan fingerprint density at radius 2 is 2.10 bits per heavy atom. The van der Waals surface area contributed by atoms with Crippen molar-refractivity contribution in [3.63, 3.8) is 0 Å². The molecule has 1 aromatic rings. The number of carboxylic acids is 1. The molecular formula is C13H20N4O4. The lowest BCUT2D eigenvalue weighted by atomic mass is 9.92. The summed E-state index contributed by atoms with van der Waals surface area (Å²) in [5.74, 6) is 0.680. The highest BCUT2D eigenvalue weighted by atomic mass is 16.6. The Kier molecular flexibility index (Phi) is 4.44. The summed E-state index contributed by atoms with van der Waals surface area (Å²) in [6.07, 6.45) is 2.58. The predicted octanol–water partition coefficient (Wildman–Crippen LogP) is 1.72. The lowest BCUT2D eigenvalue weighted by molar-refractivity contribution is -0.388. The highest BCUT2D eigenvalue weighted by molar-refractivity contribution is 5.66. The Labute approximate surface area is 122 Å². The Morgan fingerprint density at radius 1 is 1.48 bits per heavy atom. The highest BCUT2D eigenvalue weighted by Gasteiger charge is 2.30. The molecule has 0 atom stereocenters. The third-order valence-electron chi connectivity index (χ3n) is 4.12. The summed E-state index contributed by atoms with van der Waals surface area (Å²) in [6, 6.07) is 0. The van der Waals surface area contributed by atoms with E-state index in [1.54, 1.807) is 18.5 Å². The molecule has 0 unspecified atom stereocenters. The van der Waals surface area contributed by atoms with Crippen molar-refractivity contribution < 1.29 is 14.8 Å². The summed E-state index contributed by atoms with van der Waals surface area (Å²) in [4.78, 5) is 27.3. The van der Waals surface area contributed by atoms with E-state index in [1.165, 1.54) is 0 Å². The number of nitro groups is 1. The number of rotatable bonds is 5. The van der Waals surface area contributed by atoms with Gasteiger partial charge in [-0.15, -0.1) is 0 Å². The summed E-state index contributed by atoms with van der Waals surface area (Å²) in [6.45, 7) is 3.14. The minimum atomic E-state index is -0.768. The number of imidazole rings is 1. The summed E-state index contributed by atoms with van der Waals surface area (Å²) in [5.41, 5.74) is 0. The molecule has 1 fully saturated rings. The van der Waals surface area contributed by atoms with E-state index in [1.807, 2.05) is 4.90 Å². The van der Waals surface area contributed by atoms with Gasteiger partial charge in [0.15, 0.2) is 0 Å². The van der Waals surface area contributed by atoms with Crippen molar-refractivity contribution in [2.24, 2.45) is 13.0 Å². The van der Waals surface area contributed by atoms with Crippen LogP contribution in [0.2, 0.25) is 0 Å². The number of aromatic nitrogens is 2. The topological polar surface area (TPSA) is 102 Å². The van der Waals surface area contributed by atoms with Gasteiger partial charge < -0.3 is 20.1 Å². The lowest BCUT2D eigenvalue weighted by Crippen LogP contribution is -2.35. The molecule has 1 aromatic heterocycles. The van der Waals surface area contributed by atoms with E-state index >= 15 is 0 Å². The number of anilines is 1. The van der Waals surface area contributed by atoms with E-state index in [0.29, 0.717) is 37.1 Å². The van der Waals surface area contributed by atoms with Gasteiger partial charge in [-0.3, -0.25) is 9.36 Å². The number of carboxylic acid groups (broad SMARTS) is 1. The summed E-state index contributed by atoms with van der Waals surface area (Å²) < 4.78 is 1.75. The van der Waals surface area contributed by atoms with Crippen molar-refractivity contribution >= 4 is 17.6 Å². The molecule has 1 saturated heterocycles. The lowest BCUT2D eigenvalue weighted by Gasteiger charge is -2.32. The van der Waals surface area contributed by atoms with Crippen LogP contribution in [0.4, 0.5) is 11.6 Å². The van der Waals surface area contributed by atoms with Gasteiger partial charge in [0.25, 0.3) is 0 Å². The van der Waals surface area contributed by atoms with Gasteiger partial charge in [-0.2, -0.15) is 0 Å². The maximum Gasteiger partial charge on any atom is 0.406 e. The van der Waals surface area contributed by atoms with Crippen LogP contribution in [0.15, 0.2) is 0 Å². The maximum absolute atomic E-state index is 11.1. The molecule has 1 aliphatic rings. The van der Waals surface area contributed by atoms with E-state index in [2.05, 4.69) is 4.98 Å². The standard InChI is InChI=1S/C13H20N4O4/c1-9-14-12(17(20)21)13(15(9)2)16-7-5-10(6-8-16)3-4-11(18)19/h10H,3-8H2,1-2H3,(H,18,19). The smallest absolute Gasteiger partial charge is 0.406 e. The number of hydrogen-bond donors (Lipinski definition) is 1. The number of hydrogen-bond acceptors (Lipinski definition) is 5. The molecule has 1 aliphatic heterocycles.